The summed E-state index contributed by atoms with van der Waals surface area (Å²) in [5.74, 6) is 0. The molecule has 0 fully saturated rings. The molecule has 1 rings (SSSR count). The first kappa shape index (κ1) is 20.0. The van der Waals surface area contributed by atoms with Crippen molar-refractivity contribution >= 4 is 16.1 Å². The van der Waals surface area contributed by atoms with Crippen molar-refractivity contribution in [2.75, 3.05) is 5.73 Å². The number of benzene rings is 1. The Morgan fingerprint density at radius 1 is 1.07 bits per heavy atom. The molecule has 0 saturated heterocycles. The number of hydrogen-bond acceptors (Lipinski definition) is 4. The van der Waals surface area contributed by atoms with Gasteiger partial charge in [0.05, 0.1) is 0 Å². The average molecular weight is 247 g/mol. The van der Waals surface area contributed by atoms with Crippen LogP contribution in [0.4, 0.5) is 5.69 Å². The minimum atomic E-state index is -4.67. The van der Waals surface area contributed by atoms with Crippen molar-refractivity contribution in [2.24, 2.45) is 0 Å². The van der Waals surface area contributed by atoms with Crippen LogP contribution in [-0.4, -0.2) is 23.0 Å². The summed E-state index contributed by atoms with van der Waals surface area (Å²) in [6.07, 6.45) is 0. The van der Waals surface area contributed by atoms with E-state index in [0.29, 0.717) is 0 Å². The van der Waals surface area contributed by atoms with E-state index in [1.165, 1.54) is 0 Å². The van der Waals surface area contributed by atoms with Crippen LogP contribution >= 0.6 is 0 Å². The van der Waals surface area contributed by atoms with E-state index in [9.17, 15) is 0 Å². The van der Waals surface area contributed by atoms with Crippen molar-refractivity contribution in [2.45, 2.75) is 0 Å². The molecule has 0 aliphatic rings. The van der Waals surface area contributed by atoms with Gasteiger partial charge in [0, 0.05) is 5.69 Å². The normalized spacial score (nSPS) is 8.43. The third-order valence-electron chi connectivity index (χ3n) is 0.800. The Kier molecular flexibility index (Phi) is 14.3. The monoisotopic (exact) mass is 247 g/mol. The molecule has 0 heterocycles. The molecule has 0 unspecified atom stereocenters. The summed E-state index contributed by atoms with van der Waals surface area (Å²) in [6, 6.07) is 9.49. The number of para-hydroxylation sites is 1. The Morgan fingerprint density at radius 2 is 1.36 bits per heavy atom. The van der Waals surface area contributed by atoms with Crippen LogP contribution in [0.1, 0.15) is 0 Å². The summed E-state index contributed by atoms with van der Waals surface area (Å²) < 4.78 is 31.6. The van der Waals surface area contributed by atoms with E-state index in [0.717, 1.165) is 5.69 Å². The van der Waals surface area contributed by atoms with E-state index in [1.54, 1.807) is 0 Å². The molecule has 0 aliphatic heterocycles. The third-order valence-corrected chi connectivity index (χ3v) is 0.800. The molecule has 0 atom stereocenters. The van der Waals surface area contributed by atoms with Crippen molar-refractivity contribution < 1.29 is 74.4 Å². The number of nitrogens with two attached hydrogens (primary N) is 1. The van der Waals surface area contributed by atoms with Crippen molar-refractivity contribution in [3.05, 3.63) is 30.3 Å². The third kappa shape index (κ3) is 22.9. The van der Waals surface area contributed by atoms with Crippen LogP contribution in [0.5, 0.6) is 0 Å². The van der Waals surface area contributed by atoms with E-state index >= 15 is 0 Å². The largest absolute Gasteiger partial charge is 1.00 e. The maximum Gasteiger partial charge on any atom is 1.00 e. The summed E-state index contributed by atoms with van der Waals surface area (Å²) in [4.78, 5) is 0. The van der Waals surface area contributed by atoms with E-state index in [4.69, 9.17) is 23.3 Å². The Labute approximate surface area is 125 Å². The fourth-order valence-corrected chi connectivity index (χ4v) is 0.453. The van der Waals surface area contributed by atoms with E-state index < -0.39 is 10.4 Å². The number of nitrogen functional groups attached to an aromatic ring is 1. The molecular formula is C6H10KNO5S. The van der Waals surface area contributed by atoms with Crippen molar-refractivity contribution in [1.82, 2.24) is 0 Å². The van der Waals surface area contributed by atoms with Crippen LogP contribution in [0.15, 0.2) is 30.3 Å². The predicted octanol–water partition coefficient (Wildman–Crippen LogP) is -2.56. The van der Waals surface area contributed by atoms with E-state index in [2.05, 4.69) is 0 Å². The zero-order valence-corrected chi connectivity index (χ0v) is 11.5. The Morgan fingerprint density at radius 3 is 1.50 bits per heavy atom. The van der Waals surface area contributed by atoms with Crippen LogP contribution < -0.4 is 57.1 Å². The van der Waals surface area contributed by atoms with Gasteiger partial charge in [-0.3, -0.25) is 9.11 Å². The molecule has 6 nitrogen and oxygen atoms in total. The summed E-state index contributed by atoms with van der Waals surface area (Å²) in [6.45, 7) is 0. The van der Waals surface area contributed by atoms with Gasteiger partial charge in [0.15, 0.2) is 0 Å². The van der Waals surface area contributed by atoms with Crippen molar-refractivity contribution in [3.63, 3.8) is 0 Å². The molecule has 0 saturated carbocycles. The van der Waals surface area contributed by atoms with Gasteiger partial charge in [-0.15, -0.1) is 0 Å². The molecule has 0 amide bonds. The van der Waals surface area contributed by atoms with Gasteiger partial charge in [-0.2, -0.15) is 8.42 Å². The topological polar surface area (TPSA) is 131 Å². The first-order valence-corrected chi connectivity index (χ1v) is 4.29. The quantitative estimate of drug-likeness (QED) is 0.263. The zero-order valence-electron chi connectivity index (χ0n) is 7.53. The minimum Gasteiger partial charge on any atom is -0.870 e. The smallest absolute Gasteiger partial charge is 0.870 e. The molecule has 0 bridgehead atoms. The van der Waals surface area contributed by atoms with Crippen LogP contribution in [0, 0.1) is 0 Å². The SMILES string of the molecule is Nc1ccccc1.O=S(=O)(O)O.[K+].[OH-]. The van der Waals surface area contributed by atoms with E-state index in [-0.39, 0.29) is 56.9 Å². The fourth-order valence-electron chi connectivity index (χ4n) is 0.453. The standard InChI is InChI=1S/C6H7N.K.H2O4S.H2O/c7-6-4-2-1-3-5-6;;1-5(2,3)4;/h1-5H,7H2;;(H2,1,2,3,4);1H2/q;+1;;/p-1. The zero-order chi connectivity index (χ0) is 9.61. The molecule has 76 valence electrons. The molecule has 1 aromatic rings. The summed E-state index contributed by atoms with van der Waals surface area (Å²) in [7, 11) is -4.67. The van der Waals surface area contributed by atoms with Crippen LogP contribution in [0.3, 0.4) is 0 Å². The van der Waals surface area contributed by atoms with Crippen molar-refractivity contribution in [1.29, 1.82) is 0 Å². The van der Waals surface area contributed by atoms with Gasteiger partial charge in [0.25, 0.3) is 0 Å². The Balaban J connectivity index is -0.000000159. The summed E-state index contributed by atoms with van der Waals surface area (Å²) in [5, 5.41) is 0. The molecule has 8 heteroatoms. The second kappa shape index (κ2) is 10.0. The molecule has 0 radical (unpaired) electrons. The minimum absolute atomic E-state index is 0. The predicted molar refractivity (Wildman–Crippen MR) is 47.0 cm³/mol. The number of hydrogen-bond donors (Lipinski definition) is 3. The van der Waals surface area contributed by atoms with Gasteiger partial charge in [-0.05, 0) is 12.1 Å². The van der Waals surface area contributed by atoms with Gasteiger partial charge in [0.2, 0.25) is 0 Å². The second-order valence-corrected chi connectivity index (χ2v) is 2.75. The van der Waals surface area contributed by atoms with Gasteiger partial charge < -0.3 is 11.2 Å². The molecule has 0 spiro atoms. The molecule has 1 aromatic carbocycles. The maximum atomic E-state index is 8.74. The number of anilines is 1. The van der Waals surface area contributed by atoms with E-state index in [1.807, 2.05) is 30.3 Å². The van der Waals surface area contributed by atoms with Gasteiger partial charge in [0.1, 0.15) is 0 Å². The van der Waals surface area contributed by atoms with Crippen molar-refractivity contribution in [3.8, 4) is 0 Å². The summed E-state index contributed by atoms with van der Waals surface area (Å²) in [5.41, 5.74) is 6.18. The molecule has 14 heavy (non-hydrogen) atoms. The molecular weight excluding hydrogens is 237 g/mol. The van der Waals surface area contributed by atoms with Gasteiger partial charge >= 0.3 is 61.8 Å². The van der Waals surface area contributed by atoms with Gasteiger partial charge in [-0.1, -0.05) is 18.2 Å². The first-order valence-electron chi connectivity index (χ1n) is 2.90. The maximum absolute atomic E-state index is 8.74. The van der Waals surface area contributed by atoms with Crippen LogP contribution in [-0.2, 0) is 10.4 Å². The summed E-state index contributed by atoms with van der Waals surface area (Å²) >= 11 is 0. The Hall–Kier alpha value is 0.486. The number of rotatable bonds is 0. The molecule has 5 N–H and O–H groups in total. The molecule has 0 aromatic heterocycles. The average Bonchev–Trinajstić information content (AvgIpc) is 1.85. The van der Waals surface area contributed by atoms with Crippen LogP contribution in [0.25, 0.3) is 0 Å². The van der Waals surface area contributed by atoms with Gasteiger partial charge in [-0.25, -0.2) is 0 Å². The second-order valence-electron chi connectivity index (χ2n) is 1.86. The molecule has 0 aliphatic carbocycles. The fraction of sp³-hybridized carbons (Fsp3) is 0. The van der Waals surface area contributed by atoms with Crippen LogP contribution in [0.2, 0.25) is 0 Å². The first-order chi connectivity index (χ1) is 5.39. The Bertz CT molecular complexity index is 306.